The molecule has 4 heteroatoms. The van der Waals surface area contributed by atoms with Gasteiger partial charge in [0.2, 0.25) is 0 Å². The molecule has 2 heterocycles. The van der Waals surface area contributed by atoms with Gasteiger partial charge in [0, 0.05) is 44.5 Å². The third-order valence-corrected chi connectivity index (χ3v) is 5.74. The second kappa shape index (κ2) is 5.77. The molecule has 1 aliphatic heterocycles. The number of hydrogen-bond donors (Lipinski definition) is 1. The van der Waals surface area contributed by atoms with E-state index in [9.17, 15) is 0 Å². The average molecular weight is 310 g/mol. The van der Waals surface area contributed by atoms with Gasteiger partial charge in [-0.1, -0.05) is 17.7 Å². The summed E-state index contributed by atoms with van der Waals surface area (Å²) in [5.74, 6) is 1.52. The van der Waals surface area contributed by atoms with Gasteiger partial charge in [-0.3, -0.25) is 9.58 Å². The van der Waals surface area contributed by atoms with E-state index in [0.29, 0.717) is 12.0 Å². The second-order valence-corrected chi connectivity index (χ2v) is 7.36. The third-order valence-electron chi connectivity index (χ3n) is 5.74. The number of aromatic nitrogens is 2. The molecule has 2 aliphatic rings. The van der Waals surface area contributed by atoms with Gasteiger partial charge in [-0.05, 0) is 49.3 Å². The van der Waals surface area contributed by atoms with Gasteiger partial charge in [0.05, 0.1) is 5.69 Å². The lowest BCUT2D eigenvalue weighted by molar-refractivity contribution is 0.298. The summed E-state index contributed by atoms with van der Waals surface area (Å²) in [6, 6.07) is 9.31. The summed E-state index contributed by atoms with van der Waals surface area (Å²) in [4.78, 5) is 2.60. The van der Waals surface area contributed by atoms with Crippen molar-refractivity contribution in [1.82, 2.24) is 14.7 Å². The molecule has 4 rings (SSSR count). The summed E-state index contributed by atoms with van der Waals surface area (Å²) in [6.45, 7) is 5.53. The smallest absolute Gasteiger partial charge is 0.0682 e. The summed E-state index contributed by atoms with van der Waals surface area (Å²) < 4.78 is 1.97. The number of hydrogen-bond acceptors (Lipinski definition) is 3. The van der Waals surface area contributed by atoms with Gasteiger partial charge >= 0.3 is 0 Å². The Bertz CT molecular complexity index is 705. The van der Waals surface area contributed by atoms with Crippen molar-refractivity contribution in [1.29, 1.82) is 0 Å². The zero-order valence-corrected chi connectivity index (χ0v) is 14.1. The Kier molecular flexibility index (Phi) is 3.74. The predicted octanol–water partition coefficient (Wildman–Crippen LogP) is 2.56. The Hall–Kier alpha value is -1.65. The lowest BCUT2D eigenvalue weighted by atomic mass is 9.98. The van der Waals surface area contributed by atoms with Crippen LogP contribution in [0.2, 0.25) is 0 Å². The molecule has 0 spiro atoms. The molecule has 0 amide bonds. The molecule has 1 saturated carbocycles. The Morgan fingerprint density at radius 2 is 2.09 bits per heavy atom. The summed E-state index contributed by atoms with van der Waals surface area (Å²) in [5, 5.41) is 4.34. The maximum atomic E-state index is 6.28. The van der Waals surface area contributed by atoms with Crippen molar-refractivity contribution in [3.05, 3.63) is 41.6 Å². The minimum atomic E-state index is 0.416. The van der Waals surface area contributed by atoms with Crippen molar-refractivity contribution >= 4 is 0 Å². The van der Waals surface area contributed by atoms with E-state index in [0.717, 1.165) is 19.0 Å². The molecule has 2 N–H and O–H groups in total. The van der Waals surface area contributed by atoms with Crippen LogP contribution < -0.4 is 5.73 Å². The second-order valence-electron chi connectivity index (χ2n) is 7.36. The van der Waals surface area contributed by atoms with Crippen molar-refractivity contribution in [2.75, 3.05) is 13.1 Å². The van der Waals surface area contributed by atoms with Crippen molar-refractivity contribution in [2.24, 2.45) is 24.6 Å². The number of aryl methyl sites for hydroxylation is 2. The molecule has 23 heavy (non-hydrogen) atoms. The van der Waals surface area contributed by atoms with Crippen molar-refractivity contribution in [3.63, 3.8) is 0 Å². The van der Waals surface area contributed by atoms with E-state index in [4.69, 9.17) is 5.73 Å². The van der Waals surface area contributed by atoms with Crippen LogP contribution >= 0.6 is 0 Å². The van der Waals surface area contributed by atoms with Crippen LogP contribution in [-0.4, -0.2) is 33.8 Å². The number of fused-ring (bicyclic) bond motifs is 1. The van der Waals surface area contributed by atoms with Crippen LogP contribution in [0.4, 0.5) is 0 Å². The highest BCUT2D eigenvalue weighted by atomic mass is 15.3. The molecule has 2 fully saturated rings. The van der Waals surface area contributed by atoms with Gasteiger partial charge in [-0.2, -0.15) is 5.10 Å². The number of likely N-dealkylation sites (tertiary alicyclic amines) is 1. The first-order valence-electron chi connectivity index (χ1n) is 8.67. The number of rotatable bonds is 3. The molecule has 0 bridgehead atoms. The Balaban J connectivity index is 1.59. The van der Waals surface area contributed by atoms with Gasteiger partial charge in [-0.25, -0.2) is 0 Å². The van der Waals surface area contributed by atoms with Crippen LogP contribution in [0.5, 0.6) is 0 Å². The first-order valence-corrected chi connectivity index (χ1v) is 8.67. The third kappa shape index (κ3) is 2.70. The number of nitrogens with two attached hydrogens (primary N) is 1. The van der Waals surface area contributed by atoms with E-state index in [1.807, 2.05) is 17.9 Å². The summed E-state index contributed by atoms with van der Waals surface area (Å²) in [7, 11) is 2.01. The first-order chi connectivity index (χ1) is 11.1. The van der Waals surface area contributed by atoms with Gasteiger partial charge in [0.15, 0.2) is 0 Å². The largest absolute Gasteiger partial charge is 0.327 e. The van der Waals surface area contributed by atoms with Gasteiger partial charge in [0.25, 0.3) is 0 Å². The highest BCUT2D eigenvalue weighted by Gasteiger charge is 2.40. The molecule has 3 atom stereocenters. The fourth-order valence-electron chi connectivity index (χ4n) is 4.47. The van der Waals surface area contributed by atoms with Crippen molar-refractivity contribution in [3.8, 4) is 11.3 Å². The maximum absolute atomic E-state index is 6.28. The van der Waals surface area contributed by atoms with Crippen molar-refractivity contribution < 1.29 is 0 Å². The molecule has 4 nitrogen and oxygen atoms in total. The zero-order valence-electron chi connectivity index (χ0n) is 14.1. The molecular formula is C19H26N4. The molecule has 1 aromatic carbocycles. The van der Waals surface area contributed by atoms with Crippen LogP contribution in [0.1, 0.15) is 24.0 Å². The minimum Gasteiger partial charge on any atom is -0.327 e. The lowest BCUT2D eigenvalue weighted by Gasteiger charge is -2.20. The predicted molar refractivity (Wildman–Crippen MR) is 92.8 cm³/mol. The first kappa shape index (κ1) is 14.9. The molecule has 1 aliphatic carbocycles. The van der Waals surface area contributed by atoms with Gasteiger partial charge in [0.1, 0.15) is 0 Å². The molecule has 0 radical (unpaired) electrons. The van der Waals surface area contributed by atoms with Crippen LogP contribution in [0.3, 0.4) is 0 Å². The van der Waals surface area contributed by atoms with Crippen LogP contribution in [0.15, 0.2) is 30.5 Å². The average Bonchev–Trinajstić information content (AvgIpc) is 3.20. The fraction of sp³-hybridized carbons (Fsp3) is 0.526. The molecule has 2 aromatic rings. The number of nitrogens with zero attached hydrogens (tertiary/aromatic N) is 3. The number of benzene rings is 1. The van der Waals surface area contributed by atoms with Gasteiger partial charge in [-0.15, -0.1) is 0 Å². The van der Waals surface area contributed by atoms with E-state index >= 15 is 0 Å². The minimum absolute atomic E-state index is 0.416. The quantitative estimate of drug-likeness (QED) is 0.948. The summed E-state index contributed by atoms with van der Waals surface area (Å²) >= 11 is 0. The molecule has 1 saturated heterocycles. The van der Waals surface area contributed by atoms with Crippen LogP contribution in [0, 0.1) is 18.8 Å². The summed E-state index contributed by atoms with van der Waals surface area (Å²) in [6.07, 6.45) is 4.40. The molecular weight excluding hydrogens is 284 g/mol. The Morgan fingerprint density at radius 1 is 1.22 bits per heavy atom. The monoisotopic (exact) mass is 310 g/mol. The zero-order chi connectivity index (χ0) is 16.0. The van der Waals surface area contributed by atoms with Gasteiger partial charge < -0.3 is 5.73 Å². The molecule has 1 aromatic heterocycles. The van der Waals surface area contributed by atoms with E-state index in [1.165, 1.54) is 41.8 Å². The van der Waals surface area contributed by atoms with E-state index in [-0.39, 0.29) is 0 Å². The highest BCUT2D eigenvalue weighted by Crippen LogP contribution is 2.38. The Morgan fingerprint density at radius 3 is 2.83 bits per heavy atom. The van der Waals surface area contributed by atoms with Crippen LogP contribution in [-0.2, 0) is 13.6 Å². The maximum Gasteiger partial charge on any atom is 0.0682 e. The topological polar surface area (TPSA) is 47.1 Å². The van der Waals surface area contributed by atoms with Crippen molar-refractivity contribution in [2.45, 2.75) is 32.4 Å². The summed E-state index contributed by atoms with van der Waals surface area (Å²) in [5.41, 5.74) is 11.5. The normalized spacial score (nSPS) is 27.5. The SMILES string of the molecule is Cc1ccc(CN2CC3CCC(N)C3C2)c(-c2ccnn2C)c1. The molecule has 3 unspecified atom stereocenters. The van der Waals surface area contributed by atoms with Crippen LogP contribution in [0.25, 0.3) is 11.3 Å². The van der Waals surface area contributed by atoms with E-state index in [2.05, 4.69) is 41.2 Å². The Labute approximate surface area is 138 Å². The standard InChI is InChI=1S/C19H26N4/c1-13-3-4-14(16(9-13)19-7-8-21-22(19)2)10-23-11-15-5-6-18(20)17(15)12-23/h3-4,7-9,15,17-18H,5-6,10-12,20H2,1-2H3. The fourth-order valence-corrected chi connectivity index (χ4v) is 4.47. The molecule has 122 valence electrons. The van der Waals surface area contributed by atoms with E-state index < -0.39 is 0 Å². The highest BCUT2D eigenvalue weighted by molar-refractivity contribution is 5.64. The van der Waals surface area contributed by atoms with E-state index in [1.54, 1.807) is 0 Å². The lowest BCUT2D eigenvalue weighted by Crippen LogP contribution is -2.30.